The molecule has 1 aliphatic carbocycles. The van der Waals surface area contributed by atoms with Crippen LogP contribution in [0.15, 0.2) is 0 Å². The van der Waals surface area contributed by atoms with Crippen LogP contribution in [0.5, 0.6) is 0 Å². The lowest BCUT2D eigenvalue weighted by molar-refractivity contribution is 0.245. The quantitative estimate of drug-likeness (QED) is 0.851. The van der Waals surface area contributed by atoms with Crippen LogP contribution in [-0.4, -0.2) is 55.3 Å². The molecule has 0 bridgehead atoms. The Morgan fingerprint density at radius 2 is 1.85 bits per heavy atom. The molecule has 0 aromatic carbocycles. The Balaban J connectivity index is 1.79. The van der Waals surface area contributed by atoms with Gasteiger partial charge >= 0.3 is 0 Å². The molecule has 3 fully saturated rings. The molecule has 3 atom stereocenters. The van der Waals surface area contributed by atoms with Crippen molar-refractivity contribution in [2.45, 2.75) is 63.6 Å². The maximum atomic E-state index is 13.0. The lowest BCUT2D eigenvalue weighted by atomic mass is 9.96. The highest BCUT2D eigenvalue weighted by Crippen LogP contribution is 2.36. The van der Waals surface area contributed by atoms with E-state index in [9.17, 15) is 8.42 Å². The molecule has 6 heteroatoms. The fourth-order valence-electron chi connectivity index (χ4n) is 4.31. The summed E-state index contributed by atoms with van der Waals surface area (Å²) in [6.07, 6.45) is 6.60. The topological polar surface area (TPSA) is 52.7 Å². The van der Waals surface area contributed by atoms with Crippen LogP contribution in [0.25, 0.3) is 0 Å². The summed E-state index contributed by atoms with van der Waals surface area (Å²) in [5, 5.41) is 3.34. The molecule has 2 aliphatic heterocycles. The van der Waals surface area contributed by atoms with Gasteiger partial charge in [-0.3, -0.25) is 0 Å². The molecule has 5 nitrogen and oxygen atoms in total. The van der Waals surface area contributed by atoms with E-state index in [0.29, 0.717) is 5.92 Å². The maximum absolute atomic E-state index is 13.0. The fourth-order valence-corrected chi connectivity index (χ4v) is 6.32. The van der Waals surface area contributed by atoms with Crippen LogP contribution in [0.3, 0.4) is 0 Å². The molecule has 0 radical (unpaired) electrons. The molecule has 2 saturated heterocycles. The van der Waals surface area contributed by atoms with E-state index in [2.05, 4.69) is 12.2 Å². The van der Waals surface area contributed by atoms with Gasteiger partial charge in [0.1, 0.15) is 0 Å². The van der Waals surface area contributed by atoms with Gasteiger partial charge in [-0.2, -0.15) is 17.0 Å². The molecule has 3 unspecified atom stereocenters. The van der Waals surface area contributed by atoms with Crippen molar-refractivity contribution in [2.75, 3.05) is 20.1 Å². The Labute approximate surface area is 122 Å². The van der Waals surface area contributed by atoms with E-state index < -0.39 is 10.2 Å². The van der Waals surface area contributed by atoms with Crippen molar-refractivity contribution in [2.24, 2.45) is 5.92 Å². The smallest absolute Gasteiger partial charge is 0.282 e. The van der Waals surface area contributed by atoms with Gasteiger partial charge in [0.05, 0.1) is 0 Å². The van der Waals surface area contributed by atoms with Crippen molar-refractivity contribution < 1.29 is 8.42 Å². The Hall–Kier alpha value is -0.170. The van der Waals surface area contributed by atoms with Crippen LogP contribution in [-0.2, 0) is 10.2 Å². The summed E-state index contributed by atoms with van der Waals surface area (Å²) < 4.78 is 29.5. The van der Waals surface area contributed by atoms with E-state index in [1.54, 1.807) is 15.7 Å². The zero-order valence-corrected chi connectivity index (χ0v) is 13.4. The van der Waals surface area contributed by atoms with E-state index >= 15 is 0 Å². The maximum Gasteiger partial charge on any atom is 0.282 e. The molecular formula is C14H27N3O2S. The van der Waals surface area contributed by atoms with Gasteiger partial charge in [0.25, 0.3) is 10.2 Å². The van der Waals surface area contributed by atoms with Crippen LogP contribution >= 0.6 is 0 Å². The molecule has 0 spiro atoms. The van der Waals surface area contributed by atoms with Gasteiger partial charge in [-0.15, -0.1) is 0 Å². The summed E-state index contributed by atoms with van der Waals surface area (Å²) in [4.78, 5) is 0. The summed E-state index contributed by atoms with van der Waals surface area (Å²) >= 11 is 0. The van der Waals surface area contributed by atoms with E-state index in [4.69, 9.17) is 0 Å². The lowest BCUT2D eigenvalue weighted by Gasteiger charge is -2.36. The third-order valence-electron chi connectivity index (χ3n) is 5.43. The molecule has 20 heavy (non-hydrogen) atoms. The molecule has 0 amide bonds. The van der Waals surface area contributed by atoms with Gasteiger partial charge in [0.15, 0.2) is 0 Å². The summed E-state index contributed by atoms with van der Waals surface area (Å²) in [5.74, 6) is 0.500. The second-order valence-electron chi connectivity index (χ2n) is 6.72. The van der Waals surface area contributed by atoms with Crippen LogP contribution in [0.4, 0.5) is 0 Å². The Bertz CT molecular complexity index is 447. The van der Waals surface area contributed by atoms with Crippen molar-refractivity contribution in [3.8, 4) is 0 Å². The molecule has 1 saturated carbocycles. The molecule has 116 valence electrons. The van der Waals surface area contributed by atoms with Crippen LogP contribution in [0, 0.1) is 5.92 Å². The van der Waals surface area contributed by atoms with Gasteiger partial charge in [-0.25, -0.2) is 0 Å². The molecule has 0 aromatic heterocycles. The SMILES string of the molecule is CC1CC2CNCC2N1S(=O)(=O)N(C)C1CCCCC1. The Morgan fingerprint density at radius 1 is 1.15 bits per heavy atom. The summed E-state index contributed by atoms with van der Waals surface area (Å²) in [6.45, 7) is 3.84. The van der Waals surface area contributed by atoms with E-state index in [-0.39, 0.29) is 18.1 Å². The summed E-state index contributed by atoms with van der Waals surface area (Å²) in [7, 11) is -1.53. The van der Waals surface area contributed by atoms with Crippen LogP contribution in [0.2, 0.25) is 0 Å². The van der Waals surface area contributed by atoms with Gasteiger partial charge < -0.3 is 5.32 Å². The third-order valence-corrected chi connectivity index (χ3v) is 7.62. The average Bonchev–Trinajstić information content (AvgIpc) is 2.98. The van der Waals surface area contributed by atoms with Gasteiger partial charge in [-0.05, 0) is 38.6 Å². The first-order chi connectivity index (χ1) is 9.51. The molecular weight excluding hydrogens is 274 g/mol. The van der Waals surface area contributed by atoms with Gasteiger partial charge in [0.2, 0.25) is 0 Å². The molecule has 2 heterocycles. The predicted octanol–water partition coefficient (Wildman–Crippen LogP) is 1.18. The zero-order valence-electron chi connectivity index (χ0n) is 12.6. The lowest BCUT2D eigenvalue weighted by Crippen LogP contribution is -2.52. The monoisotopic (exact) mass is 301 g/mol. The highest BCUT2D eigenvalue weighted by Gasteiger charge is 2.49. The Morgan fingerprint density at radius 3 is 2.55 bits per heavy atom. The zero-order chi connectivity index (χ0) is 14.3. The number of rotatable bonds is 3. The van der Waals surface area contributed by atoms with E-state index in [0.717, 1.165) is 45.2 Å². The van der Waals surface area contributed by atoms with Gasteiger partial charge in [-0.1, -0.05) is 19.3 Å². The standard InChI is InChI=1S/C14H27N3O2S/c1-11-8-12-9-15-10-14(12)17(11)20(18,19)16(2)13-6-4-3-5-7-13/h11-15H,3-10H2,1-2H3. The van der Waals surface area contributed by atoms with Crippen molar-refractivity contribution in [3.05, 3.63) is 0 Å². The Kier molecular flexibility index (Phi) is 4.10. The minimum Gasteiger partial charge on any atom is -0.315 e. The number of hydrogen-bond acceptors (Lipinski definition) is 3. The highest BCUT2D eigenvalue weighted by molar-refractivity contribution is 7.86. The van der Waals surface area contributed by atoms with E-state index in [1.807, 2.05) is 0 Å². The second-order valence-corrected chi connectivity index (χ2v) is 8.61. The molecule has 0 aromatic rings. The molecule has 3 aliphatic rings. The normalized spacial score (nSPS) is 36.6. The second kappa shape index (κ2) is 5.55. The molecule has 3 rings (SSSR count). The highest BCUT2D eigenvalue weighted by atomic mass is 32.2. The van der Waals surface area contributed by atoms with Crippen molar-refractivity contribution in [1.29, 1.82) is 0 Å². The number of fused-ring (bicyclic) bond motifs is 1. The van der Waals surface area contributed by atoms with Crippen molar-refractivity contribution >= 4 is 10.2 Å². The number of nitrogens with zero attached hydrogens (tertiary/aromatic N) is 2. The number of nitrogens with one attached hydrogen (secondary N) is 1. The van der Waals surface area contributed by atoms with E-state index in [1.165, 1.54) is 6.42 Å². The van der Waals surface area contributed by atoms with Crippen molar-refractivity contribution in [1.82, 2.24) is 13.9 Å². The summed E-state index contributed by atoms with van der Waals surface area (Å²) in [6, 6.07) is 0.513. The minimum absolute atomic E-state index is 0.142. The first-order valence-electron chi connectivity index (χ1n) is 7.99. The first kappa shape index (κ1) is 14.8. The van der Waals surface area contributed by atoms with Crippen LogP contribution in [0.1, 0.15) is 45.4 Å². The number of hydrogen-bond donors (Lipinski definition) is 1. The third kappa shape index (κ3) is 2.40. The summed E-state index contributed by atoms with van der Waals surface area (Å²) in [5.41, 5.74) is 0. The molecule has 1 N–H and O–H groups in total. The minimum atomic E-state index is -3.32. The average molecular weight is 301 g/mol. The van der Waals surface area contributed by atoms with Crippen molar-refractivity contribution in [3.63, 3.8) is 0 Å². The van der Waals surface area contributed by atoms with Gasteiger partial charge in [0, 0.05) is 31.7 Å². The largest absolute Gasteiger partial charge is 0.315 e. The predicted molar refractivity (Wildman–Crippen MR) is 79.6 cm³/mol. The fraction of sp³-hybridized carbons (Fsp3) is 1.00. The first-order valence-corrected chi connectivity index (χ1v) is 9.38. The van der Waals surface area contributed by atoms with Crippen LogP contribution < -0.4 is 5.32 Å².